The van der Waals surface area contributed by atoms with E-state index < -0.39 is 11.9 Å². The predicted octanol–water partition coefficient (Wildman–Crippen LogP) is 1.96. The van der Waals surface area contributed by atoms with E-state index in [1.54, 1.807) is 18.2 Å². The minimum atomic E-state index is -0.676. The lowest BCUT2D eigenvalue weighted by atomic mass is 9.92. The Morgan fingerprint density at radius 2 is 1.91 bits per heavy atom. The molecule has 170 valence electrons. The van der Waals surface area contributed by atoms with Crippen molar-refractivity contribution in [3.63, 3.8) is 0 Å². The summed E-state index contributed by atoms with van der Waals surface area (Å²) < 4.78 is 5.56. The minimum Gasteiger partial charge on any atom is -0.381 e. The number of hydrogen-bond donors (Lipinski definition) is 2. The summed E-state index contributed by atoms with van der Waals surface area (Å²) >= 11 is 0. The van der Waals surface area contributed by atoms with Gasteiger partial charge in [0.05, 0.1) is 12.6 Å². The fourth-order valence-corrected chi connectivity index (χ4v) is 4.89. The molecule has 0 radical (unpaired) electrons. The summed E-state index contributed by atoms with van der Waals surface area (Å²) in [4.78, 5) is 51.3. The van der Waals surface area contributed by atoms with Crippen molar-refractivity contribution in [2.24, 2.45) is 5.92 Å². The number of nitrogens with one attached hydrogen (secondary N) is 2. The predicted molar refractivity (Wildman–Crippen MR) is 118 cm³/mol. The number of carbonyl (C=O) groups excluding carboxylic acids is 4. The Kier molecular flexibility index (Phi) is 5.68. The third-order valence-electron chi connectivity index (χ3n) is 6.67. The zero-order chi connectivity index (χ0) is 22.9. The molecule has 3 atom stereocenters. The molecule has 0 saturated carbocycles. The number of fused-ring (bicyclic) bond motifs is 1. The minimum absolute atomic E-state index is 0.170. The lowest BCUT2D eigenvalue weighted by Gasteiger charge is -2.29. The molecule has 3 aliphatic rings. The summed E-state index contributed by atoms with van der Waals surface area (Å²) in [6, 6.07) is 14.0. The van der Waals surface area contributed by atoms with Gasteiger partial charge in [-0.25, -0.2) is 0 Å². The molecule has 2 N–H and O–H groups in total. The second kappa shape index (κ2) is 8.78. The van der Waals surface area contributed by atoms with Crippen molar-refractivity contribution in [3.8, 4) is 0 Å². The van der Waals surface area contributed by atoms with Crippen LogP contribution in [0.4, 0.5) is 0 Å². The van der Waals surface area contributed by atoms with Gasteiger partial charge in [-0.3, -0.25) is 24.5 Å². The van der Waals surface area contributed by atoms with Gasteiger partial charge < -0.3 is 15.0 Å². The number of amides is 4. The van der Waals surface area contributed by atoms with Gasteiger partial charge >= 0.3 is 0 Å². The highest BCUT2D eigenvalue weighted by Gasteiger charge is 2.39. The average Bonchev–Trinajstić information content (AvgIpc) is 3.46. The van der Waals surface area contributed by atoms with Gasteiger partial charge in [-0.1, -0.05) is 30.3 Å². The molecule has 2 fully saturated rings. The molecule has 2 aromatic rings. The van der Waals surface area contributed by atoms with Crippen LogP contribution >= 0.6 is 0 Å². The number of nitrogens with zero attached hydrogens (tertiary/aromatic N) is 1. The molecule has 0 spiro atoms. The van der Waals surface area contributed by atoms with Gasteiger partial charge in [0.25, 0.3) is 11.8 Å². The molecule has 2 unspecified atom stereocenters. The first-order valence-electron chi connectivity index (χ1n) is 11.2. The molecule has 3 heterocycles. The summed E-state index contributed by atoms with van der Waals surface area (Å²) in [6.07, 6.45) is 1.38. The van der Waals surface area contributed by atoms with Crippen molar-refractivity contribution in [1.82, 2.24) is 15.5 Å². The first kappa shape index (κ1) is 21.3. The summed E-state index contributed by atoms with van der Waals surface area (Å²) in [5.41, 5.74) is 2.69. The van der Waals surface area contributed by atoms with Crippen LogP contribution in [0.1, 0.15) is 57.1 Å². The van der Waals surface area contributed by atoms with Crippen molar-refractivity contribution in [2.75, 3.05) is 13.2 Å². The molecule has 8 heteroatoms. The normalized spacial score (nSPS) is 23.3. The molecule has 0 aliphatic carbocycles. The molecule has 5 rings (SSSR count). The van der Waals surface area contributed by atoms with Gasteiger partial charge in [0, 0.05) is 36.6 Å². The van der Waals surface area contributed by atoms with Crippen LogP contribution in [-0.4, -0.2) is 47.8 Å². The Hall–Kier alpha value is -3.52. The number of rotatable bonds is 5. The van der Waals surface area contributed by atoms with Crippen LogP contribution in [0.3, 0.4) is 0 Å². The highest BCUT2D eigenvalue weighted by molar-refractivity contribution is 6.06. The summed E-state index contributed by atoms with van der Waals surface area (Å²) in [5.74, 6) is -1.05. The van der Waals surface area contributed by atoms with Crippen LogP contribution in [0.5, 0.6) is 0 Å². The highest BCUT2D eigenvalue weighted by Crippen LogP contribution is 2.31. The van der Waals surface area contributed by atoms with Gasteiger partial charge in [-0.05, 0) is 42.2 Å². The molecule has 33 heavy (non-hydrogen) atoms. The van der Waals surface area contributed by atoms with Crippen molar-refractivity contribution < 1.29 is 23.9 Å². The Morgan fingerprint density at radius 3 is 2.64 bits per heavy atom. The molecule has 0 bridgehead atoms. The summed E-state index contributed by atoms with van der Waals surface area (Å²) in [7, 11) is 0. The Balaban J connectivity index is 1.34. The zero-order valence-electron chi connectivity index (χ0n) is 18.1. The van der Waals surface area contributed by atoms with E-state index >= 15 is 0 Å². The number of piperidine rings is 1. The van der Waals surface area contributed by atoms with Crippen molar-refractivity contribution >= 4 is 23.6 Å². The number of carbonyl (C=O) groups is 4. The Labute approximate surface area is 191 Å². The number of ether oxygens (including phenoxy) is 1. The lowest BCUT2D eigenvalue weighted by Crippen LogP contribution is -2.52. The Bertz CT molecular complexity index is 1110. The van der Waals surface area contributed by atoms with Crippen molar-refractivity contribution in [3.05, 3.63) is 70.8 Å². The molecular weight excluding hydrogens is 422 g/mol. The topological polar surface area (TPSA) is 105 Å². The number of hydrogen-bond acceptors (Lipinski definition) is 5. The van der Waals surface area contributed by atoms with Crippen LogP contribution in [0.15, 0.2) is 48.5 Å². The quantitative estimate of drug-likeness (QED) is 0.682. The van der Waals surface area contributed by atoms with Crippen molar-refractivity contribution in [1.29, 1.82) is 0 Å². The first-order chi connectivity index (χ1) is 16.0. The van der Waals surface area contributed by atoms with Gasteiger partial charge in [0.1, 0.15) is 6.04 Å². The SMILES string of the molecule is O=C1CCC(N2Cc3cc(C(=O)N[C@@H](c4ccccc4)C4CCOC4)ccc3C2=O)C(=O)N1. The van der Waals surface area contributed by atoms with Crippen LogP contribution in [-0.2, 0) is 20.9 Å². The van der Waals surface area contributed by atoms with E-state index in [0.29, 0.717) is 36.3 Å². The Morgan fingerprint density at radius 1 is 1.09 bits per heavy atom. The largest absolute Gasteiger partial charge is 0.381 e. The van der Waals surface area contributed by atoms with Crippen LogP contribution in [0.25, 0.3) is 0 Å². The first-order valence-corrected chi connectivity index (χ1v) is 11.2. The number of benzene rings is 2. The summed E-state index contributed by atoms with van der Waals surface area (Å²) in [6.45, 7) is 1.51. The maximum atomic E-state index is 13.2. The van der Waals surface area contributed by atoms with E-state index in [2.05, 4.69) is 10.6 Å². The smallest absolute Gasteiger partial charge is 0.255 e. The molecule has 3 aliphatic heterocycles. The van der Waals surface area contributed by atoms with E-state index in [0.717, 1.165) is 12.0 Å². The third-order valence-corrected chi connectivity index (χ3v) is 6.67. The molecule has 2 saturated heterocycles. The zero-order valence-corrected chi connectivity index (χ0v) is 18.1. The number of imide groups is 1. The molecule has 4 amide bonds. The highest BCUT2D eigenvalue weighted by atomic mass is 16.5. The standard InChI is InChI=1S/C25H25N3O5/c29-21-9-8-20(24(31)26-21)28-13-18-12-16(6-7-19(18)25(28)32)23(30)27-22(17-10-11-33-14-17)15-4-2-1-3-5-15/h1-7,12,17,20,22H,8-11,13-14H2,(H,27,30)(H,26,29,31)/t17?,20?,22-/m0/s1. The third kappa shape index (κ3) is 4.14. The fourth-order valence-electron chi connectivity index (χ4n) is 4.89. The van der Waals surface area contributed by atoms with E-state index in [1.165, 1.54) is 4.90 Å². The maximum Gasteiger partial charge on any atom is 0.255 e. The second-order valence-corrected chi connectivity index (χ2v) is 8.76. The molecule has 2 aromatic carbocycles. The molecule has 8 nitrogen and oxygen atoms in total. The molecule has 0 aromatic heterocycles. The van der Waals surface area contributed by atoms with E-state index in [4.69, 9.17) is 4.74 Å². The van der Waals surface area contributed by atoms with E-state index in [9.17, 15) is 19.2 Å². The molecular formula is C25H25N3O5. The monoisotopic (exact) mass is 447 g/mol. The van der Waals surface area contributed by atoms with Gasteiger partial charge in [-0.2, -0.15) is 0 Å². The fraction of sp³-hybridized carbons (Fsp3) is 0.360. The van der Waals surface area contributed by atoms with Gasteiger partial charge in [0.2, 0.25) is 11.8 Å². The van der Waals surface area contributed by atoms with E-state index in [1.807, 2.05) is 30.3 Å². The van der Waals surface area contributed by atoms with Gasteiger partial charge in [-0.15, -0.1) is 0 Å². The second-order valence-electron chi connectivity index (χ2n) is 8.76. The average molecular weight is 447 g/mol. The lowest BCUT2D eigenvalue weighted by molar-refractivity contribution is -0.136. The van der Waals surface area contributed by atoms with Crippen LogP contribution in [0, 0.1) is 5.92 Å². The maximum absolute atomic E-state index is 13.2. The van der Waals surface area contributed by atoms with Crippen molar-refractivity contribution in [2.45, 2.75) is 37.9 Å². The summed E-state index contributed by atoms with van der Waals surface area (Å²) in [5, 5.41) is 5.46. The van der Waals surface area contributed by atoms with E-state index in [-0.39, 0.29) is 42.6 Å². The van der Waals surface area contributed by atoms with Crippen LogP contribution in [0.2, 0.25) is 0 Å². The van der Waals surface area contributed by atoms with Crippen LogP contribution < -0.4 is 10.6 Å². The van der Waals surface area contributed by atoms with Gasteiger partial charge in [0.15, 0.2) is 0 Å².